The second-order valence-corrected chi connectivity index (χ2v) is 7.19. The lowest BCUT2D eigenvalue weighted by Crippen LogP contribution is -2.49. The van der Waals surface area contributed by atoms with E-state index in [4.69, 9.17) is 5.73 Å². The van der Waals surface area contributed by atoms with Crippen molar-refractivity contribution in [2.75, 3.05) is 0 Å². The number of thiophene rings is 1. The van der Waals surface area contributed by atoms with Crippen molar-refractivity contribution in [1.29, 1.82) is 0 Å². The van der Waals surface area contributed by atoms with Gasteiger partial charge in [-0.1, -0.05) is 57.2 Å². The van der Waals surface area contributed by atoms with Gasteiger partial charge >= 0.3 is 0 Å². The number of rotatable bonds is 4. The molecule has 21 heavy (non-hydrogen) atoms. The third-order valence-electron chi connectivity index (χ3n) is 3.46. The fourth-order valence-electron chi connectivity index (χ4n) is 2.05. The van der Waals surface area contributed by atoms with Crippen molar-refractivity contribution in [3.05, 3.63) is 58.3 Å². The summed E-state index contributed by atoms with van der Waals surface area (Å²) in [5.41, 5.74) is 6.87. The van der Waals surface area contributed by atoms with Gasteiger partial charge < -0.3 is 11.1 Å². The average molecular weight is 302 g/mol. The zero-order valence-corrected chi connectivity index (χ0v) is 13.5. The molecule has 112 valence electrons. The van der Waals surface area contributed by atoms with Crippen LogP contribution in [0.2, 0.25) is 0 Å². The van der Waals surface area contributed by atoms with Gasteiger partial charge in [-0.3, -0.25) is 4.79 Å². The van der Waals surface area contributed by atoms with Crippen LogP contribution in [0.25, 0.3) is 0 Å². The zero-order valence-electron chi connectivity index (χ0n) is 12.7. The molecule has 0 aliphatic rings. The summed E-state index contributed by atoms with van der Waals surface area (Å²) in [4.78, 5) is 13.5. The molecule has 0 spiro atoms. The summed E-state index contributed by atoms with van der Waals surface area (Å²) in [6.07, 6.45) is 0. The van der Waals surface area contributed by atoms with E-state index in [2.05, 4.69) is 5.32 Å². The predicted molar refractivity (Wildman–Crippen MR) is 88.2 cm³/mol. The van der Waals surface area contributed by atoms with Gasteiger partial charge in [-0.05, 0) is 22.4 Å². The molecule has 1 heterocycles. The van der Waals surface area contributed by atoms with Crippen LogP contribution in [0.5, 0.6) is 0 Å². The highest BCUT2D eigenvalue weighted by Crippen LogP contribution is 2.27. The maximum Gasteiger partial charge on any atom is 0.238 e. The van der Waals surface area contributed by atoms with Gasteiger partial charge in [0.2, 0.25) is 5.91 Å². The first-order valence-electron chi connectivity index (χ1n) is 7.04. The number of nitrogens with two attached hydrogens (primary N) is 1. The quantitative estimate of drug-likeness (QED) is 0.910. The van der Waals surface area contributed by atoms with E-state index in [0.29, 0.717) is 0 Å². The van der Waals surface area contributed by atoms with Crippen LogP contribution in [0.4, 0.5) is 0 Å². The second kappa shape index (κ2) is 6.41. The molecule has 2 aromatic rings. The van der Waals surface area contributed by atoms with Crippen molar-refractivity contribution in [2.45, 2.75) is 32.9 Å². The molecule has 1 unspecified atom stereocenters. The summed E-state index contributed by atoms with van der Waals surface area (Å²) < 4.78 is 0. The van der Waals surface area contributed by atoms with E-state index in [9.17, 15) is 4.79 Å². The van der Waals surface area contributed by atoms with Crippen LogP contribution in [-0.4, -0.2) is 11.9 Å². The van der Waals surface area contributed by atoms with Crippen LogP contribution in [0, 0.1) is 5.41 Å². The van der Waals surface area contributed by atoms with Gasteiger partial charge in [0.25, 0.3) is 0 Å². The average Bonchev–Trinajstić information content (AvgIpc) is 2.97. The Labute approximate surface area is 130 Å². The molecule has 0 aliphatic carbocycles. The summed E-state index contributed by atoms with van der Waals surface area (Å²) in [6, 6.07) is 13.3. The summed E-state index contributed by atoms with van der Waals surface area (Å²) in [6.45, 7) is 5.92. The van der Waals surface area contributed by atoms with Crippen LogP contribution >= 0.6 is 11.3 Å². The lowest BCUT2D eigenvalue weighted by molar-refractivity contribution is -0.125. The minimum absolute atomic E-state index is 0.121. The summed E-state index contributed by atoms with van der Waals surface area (Å²) in [7, 11) is 0. The Hall–Kier alpha value is -1.65. The number of amides is 1. The number of benzene rings is 1. The lowest BCUT2D eigenvalue weighted by atomic mass is 9.86. The molecule has 0 saturated heterocycles. The summed E-state index contributed by atoms with van der Waals surface area (Å²) in [5.74, 6) is -0.121. The highest BCUT2D eigenvalue weighted by atomic mass is 32.1. The van der Waals surface area contributed by atoms with Crippen molar-refractivity contribution >= 4 is 17.2 Å². The summed E-state index contributed by atoms with van der Waals surface area (Å²) in [5, 5.41) is 5.10. The van der Waals surface area contributed by atoms with Gasteiger partial charge in [-0.2, -0.15) is 0 Å². The smallest absolute Gasteiger partial charge is 0.238 e. The highest BCUT2D eigenvalue weighted by molar-refractivity contribution is 7.10. The molecule has 0 fully saturated rings. The first-order valence-corrected chi connectivity index (χ1v) is 7.92. The van der Waals surface area contributed by atoms with E-state index in [0.717, 1.165) is 10.4 Å². The third kappa shape index (κ3) is 3.93. The van der Waals surface area contributed by atoms with Crippen LogP contribution in [0.1, 0.15) is 37.3 Å². The molecule has 0 aliphatic heterocycles. The Kier molecular flexibility index (Phi) is 4.80. The number of carbonyl (C=O) groups excluding carboxylic acids is 1. The van der Waals surface area contributed by atoms with Gasteiger partial charge in [-0.15, -0.1) is 11.3 Å². The fraction of sp³-hybridized carbons (Fsp3) is 0.353. The minimum atomic E-state index is -0.538. The van der Waals surface area contributed by atoms with Crippen LogP contribution < -0.4 is 11.1 Å². The standard InChI is InChI=1S/C17H22N2OS/c1-17(2,3)15(18)16(20)19-14(13-10-7-11-21-13)12-8-5-4-6-9-12/h4-11,14-15H,18H2,1-3H3,(H,19,20)/t14?,15-/m1/s1. The Balaban J connectivity index is 2.24. The SMILES string of the molecule is CC(C)(C)[C@H](N)C(=O)NC(c1ccccc1)c1cccs1. The van der Waals surface area contributed by atoms with E-state index in [1.54, 1.807) is 11.3 Å². The molecular weight excluding hydrogens is 280 g/mol. The van der Waals surface area contributed by atoms with Crippen LogP contribution in [0.3, 0.4) is 0 Å². The Morgan fingerprint density at radius 1 is 1.14 bits per heavy atom. The van der Waals surface area contributed by atoms with Gasteiger partial charge in [-0.25, -0.2) is 0 Å². The molecule has 0 radical (unpaired) electrons. The van der Waals surface area contributed by atoms with Crippen molar-refractivity contribution in [1.82, 2.24) is 5.32 Å². The van der Waals surface area contributed by atoms with E-state index < -0.39 is 6.04 Å². The molecule has 1 aromatic heterocycles. The topological polar surface area (TPSA) is 55.1 Å². The fourth-order valence-corrected chi connectivity index (χ4v) is 2.85. The number of carbonyl (C=O) groups is 1. The summed E-state index contributed by atoms with van der Waals surface area (Å²) >= 11 is 1.63. The lowest BCUT2D eigenvalue weighted by Gasteiger charge is -2.28. The van der Waals surface area contributed by atoms with Crippen molar-refractivity contribution in [3.63, 3.8) is 0 Å². The van der Waals surface area contributed by atoms with E-state index in [1.807, 2.05) is 68.6 Å². The molecule has 0 saturated carbocycles. The van der Waals surface area contributed by atoms with E-state index in [1.165, 1.54) is 0 Å². The monoisotopic (exact) mass is 302 g/mol. The molecule has 3 N–H and O–H groups in total. The maximum absolute atomic E-state index is 12.4. The van der Waals surface area contributed by atoms with Crippen LogP contribution in [0.15, 0.2) is 47.8 Å². The molecule has 2 atom stereocenters. The Morgan fingerprint density at radius 3 is 2.33 bits per heavy atom. The first-order chi connectivity index (χ1) is 9.89. The third-order valence-corrected chi connectivity index (χ3v) is 4.40. The van der Waals surface area contributed by atoms with E-state index >= 15 is 0 Å². The molecule has 1 amide bonds. The first kappa shape index (κ1) is 15.7. The number of hydrogen-bond acceptors (Lipinski definition) is 3. The van der Waals surface area contributed by atoms with Crippen LogP contribution in [-0.2, 0) is 4.79 Å². The normalized spacial score (nSPS) is 14.5. The van der Waals surface area contributed by atoms with Gasteiger partial charge in [0.05, 0.1) is 12.1 Å². The molecule has 4 heteroatoms. The molecule has 1 aromatic carbocycles. The highest BCUT2D eigenvalue weighted by Gasteiger charge is 2.29. The largest absolute Gasteiger partial charge is 0.343 e. The van der Waals surface area contributed by atoms with Crippen molar-refractivity contribution < 1.29 is 4.79 Å². The molecule has 2 rings (SSSR count). The number of nitrogens with one attached hydrogen (secondary N) is 1. The van der Waals surface area contributed by atoms with E-state index in [-0.39, 0.29) is 17.4 Å². The Morgan fingerprint density at radius 2 is 1.81 bits per heavy atom. The maximum atomic E-state index is 12.4. The second-order valence-electron chi connectivity index (χ2n) is 6.21. The molecule has 0 bridgehead atoms. The van der Waals surface area contributed by atoms with Gasteiger partial charge in [0.1, 0.15) is 0 Å². The van der Waals surface area contributed by atoms with Gasteiger partial charge in [0.15, 0.2) is 0 Å². The molecular formula is C17H22N2OS. The number of hydrogen-bond donors (Lipinski definition) is 2. The zero-order chi connectivity index (χ0) is 15.5. The van der Waals surface area contributed by atoms with Crippen molar-refractivity contribution in [3.8, 4) is 0 Å². The van der Waals surface area contributed by atoms with Crippen molar-refractivity contribution in [2.24, 2.45) is 11.1 Å². The minimum Gasteiger partial charge on any atom is -0.343 e. The predicted octanol–water partition coefficient (Wildman–Crippen LogP) is 3.33. The Bertz CT molecular complexity index is 573. The van der Waals surface area contributed by atoms with Gasteiger partial charge in [0, 0.05) is 4.88 Å². The molecule has 3 nitrogen and oxygen atoms in total.